The van der Waals surface area contributed by atoms with Crippen LogP contribution in [-0.4, -0.2) is 34.0 Å². The maximum absolute atomic E-state index is 5.31. The molecule has 0 saturated heterocycles. The first kappa shape index (κ1) is 12.1. The average Bonchev–Trinajstić information content (AvgIpc) is 2.49. The summed E-state index contributed by atoms with van der Waals surface area (Å²) in [5.74, 6) is 1.87. The number of methoxy groups -OCH3 is 1. The second-order valence-electron chi connectivity index (χ2n) is 4.29. The molecule has 86 valence electrons. The van der Waals surface area contributed by atoms with Crippen LogP contribution in [-0.2, 0) is 18.3 Å². The lowest BCUT2D eigenvalue weighted by atomic mass is 10.1. The van der Waals surface area contributed by atoms with Gasteiger partial charge in [-0.3, -0.25) is 0 Å². The second-order valence-corrected chi connectivity index (χ2v) is 4.29. The molecule has 0 aliphatic rings. The van der Waals surface area contributed by atoms with E-state index >= 15 is 0 Å². The average molecular weight is 212 g/mol. The van der Waals surface area contributed by atoms with Crippen LogP contribution in [0.4, 0.5) is 0 Å². The largest absolute Gasteiger partial charge is 0.377 e. The summed E-state index contributed by atoms with van der Waals surface area (Å²) in [6.45, 7) is 7.53. The minimum absolute atomic E-state index is 0.145. The fraction of sp³-hybridized carbons (Fsp3) is 0.800. The van der Waals surface area contributed by atoms with Crippen LogP contribution >= 0.6 is 0 Å². The molecule has 0 aliphatic carbocycles. The van der Waals surface area contributed by atoms with E-state index in [-0.39, 0.29) is 5.60 Å². The van der Waals surface area contributed by atoms with Gasteiger partial charge in [0.25, 0.3) is 0 Å². The Labute approximate surface area is 90.8 Å². The molecule has 0 saturated carbocycles. The molecule has 15 heavy (non-hydrogen) atoms. The first-order valence-corrected chi connectivity index (χ1v) is 5.07. The van der Waals surface area contributed by atoms with Gasteiger partial charge in [0.2, 0.25) is 0 Å². The van der Waals surface area contributed by atoms with E-state index in [4.69, 9.17) is 4.74 Å². The van der Waals surface area contributed by atoms with Crippen molar-refractivity contribution < 1.29 is 4.74 Å². The minimum atomic E-state index is -0.145. The topological polar surface area (TPSA) is 52.0 Å². The number of hydrogen-bond donors (Lipinski definition) is 1. The quantitative estimate of drug-likeness (QED) is 0.778. The summed E-state index contributed by atoms with van der Waals surface area (Å²) in [7, 11) is 3.68. The summed E-state index contributed by atoms with van der Waals surface area (Å²) in [6, 6.07) is 0. The molecular weight excluding hydrogens is 192 g/mol. The molecule has 0 bridgehead atoms. The van der Waals surface area contributed by atoms with Crippen molar-refractivity contribution in [2.24, 2.45) is 7.05 Å². The lowest BCUT2D eigenvalue weighted by Crippen LogP contribution is -2.36. The lowest BCUT2D eigenvalue weighted by Gasteiger charge is -2.22. The zero-order valence-electron chi connectivity index (χ0n) is 10.2. The summed E-state index contributed by atoms with van der Waals surface area (Å²) in [4.78, 5) is 0. The van der Waals surface area contributed by atoms with Crippen molar-refractivity contribution in [3.05, 3.63) is 11.6 Å². The summed E-state index contributed by atoms with van der Waals surface area (Å²) in [5.41, 5.74) is -0.145. The fourth-order valence-electron chi connectivity index (χ4n) is 1.15. The zero-order valence-corrected chi connectivity index (χ0v) is 10.2. The first-order chi connectivity index (χ1) is 6.96. The molecule has 0 radical (unpaired) electrons. The van der Waals surface area contributed by atoms with Crippen LogP contribution in [0.1, 0.15) is 25.5 Å². The zero-order chi connectivity index (χ0) is 11.5. The molecule has 0 fully saturated rings. The van der Waals surface area contributed by atoms with E-state index in [9.17, 15) is 0 Å². The van der Waals surface area contributed by atoms with Crippen LogP contribution in [0.5, 0.6) is 0 Å². The molecule has 1 rings (SSSR count). The maximum Gasteiger partial charge on any atom is 0.146 e. The summed E-state index contributed by atoms with van der Waals surface area (Å²) < 4.78 is 7.28. The molecule has 1 aromatic rings. The van der Waals surface area contributed by atoms with E-state index in [1.165, 1.54) is 0 Å². The van der Waals surface area contributed by atoms with E-state index in [0.29, 0.717) is 6.54 Å². The van der Waals surface area contributed by atoms with Crippen molar-refractivity contribution in [2.45, 2.75) is 32.9 Å². The lowest BCUT2D eigenvalue weighted by molar-refractivity contribution is 0.0229. The van der Waals surface area contributed by atoms with Gasteiger partial charge in [0.05, 0.1) is 12.1 Å². The van der Waals surface area contributed by atoms with E-state index in [2.05, 4.69) is 15.5 Å². The molecule has 1 N–H and O–H groups in total. The standard InChI is InChI=1S/C10H20N4O/c1-8-12-13-9(14(8)4)6-11-7-10(2,3)15-5/h11H,6-7H2,1-5H3. The Balaban J connectivity index is 2.42. The molecule has 5 heteroatoms. The van der Waals surface area contributed by atoms with Gasteiger partial charge in [0.15, 0.2) is 0 Å². The highest BCUT2D eigenvalue weighted by molar-refractivity contribution is 4.92. The van der Waals surface area contributed by atoms with Gasteiger partial charge >= 0.3 is 0 Å². The molecule has 0 amide bonds. The number of nitrogens with zero attached hydrogens (tertiary/aromatic N) is 3. The molecule has 0 atom stereocenters. The molecule has 0 spiro atoms. The summed E-state index contributed by atoms with van der Waals surface area (Å²) in [6.07, 6.45) is 0. The third-order valence-corrected chi connectivity index (χ3v) is 2.57. The van der Waals surface area contributed by atoms with Crippen LogP contribution in [0.3, 0.4) is 0 Å². The van der Waals surface area contributed by atoms with Gasteiger partial charge in [0.1, 0.15) is 11.6 Å². The van der Waals surface area contributed by atoms with Crippen molar-refractivity contribution in [2.75, 3.05) is 13.7 Å². The number of hydrogen-bond acceptors (Lipinski definition) is 4. The van der Waals surface area contributed by atoms with Gasteiger partial charge in [-0.15, -0.1) is 10.2 Å². The molecule has 0 unspecified atom stereocenters. The normalized spacial score (nSPS) is 12.1. The molecule has 1 aromatic heterocycles. The number of aromatic nitrogens is 3. The van der Waals surface area contributed by atoms with E-state index in [0.717, 1.165) is 18.2 Å². The predicted octanol–water partition coefficient (Wildman–Crippen LogP) is 0.638. The third-order valence-electron chi connectivity index (χ3n) is 2.57. The van der Waals surface area contributed by atoms with Gasteiger partial charge in [-0.2, -0.15) is 0 Å². The Bertz CT molecular complexity index is 319. The third kappa shape index (κ3) is 3.28. The Hall–Kier alpha value is -0.940. The van der Waals surface area contributed by atoms with Crippen molar-refractivity contribution in [3.63, 3.8) is 0 Å². The molecule has 0 aliphatic heterocycles. The number of aryl methyl sites for hydroxylation is 1. The number of nitrogens with one attached hydrogen (secondary N) is 1. The fourth-order valence-corrected chi connectivity index (χ4v) is 1.15. The Kier molecular flexibility index (Phi) is 3.82. The number of rotatable bonds is 5. The second kappa shape index (κ2) is 4.72. The van der Waals surface area contributed by atoms with Crippen molar-refractivity contribution >= 4 is 0 Å². The van der Waals surface area contributed by atoms with E-state index in [1.54, 1.807) is 7.11 Å². The van der Waals surface area contributed by atoms with Gasteiger partial charge in [0, 0.05) is 20.7 Å². The van der Waals surface area contributed by atoms with Crippen molar-refractivity contribution in [1.29, 1.82) is 0 Å². The van der Waals surface area contributed by atoms with Crippen LogP contribution in [0.15, 0.2) is 0 Å². The van der Waals surface area contributed by atoms with Gasteiger partial charge in [-0.25, -0.2) is 0 Å². The highest BCUT2D eigenvalue weighted by Crippen LogP contribution is 2.05. The summed E-state index contributed by atoms with van der Waals surface area (Å²) >= 11 is 0. The van der Waals surface area contributed by atoms with Crippen LogP contribution in [0, 0.1) is 6.92 Å². The van der Waals surface area contributed by atoms with E-state index in [1.807, 2.05) is 32.4 Å². The smallest absolute Gasteiger partial charge is 0.146 e. The van der Waals surface area contributed by atoms with Crippen molar-refractivity contribution in [3.8, 4) is 0 Å². The highest BCUT2D eigenvalue weighted by Gasteiger charge is 2.15. The van der Waals surface area contributed by atoms with Crippen LogP contribution < -0.4 is 5.32 Å². The summed E-state index contributed by atoms with van der Waals surface area (Å²) in [5, 5.41) is 11.4. The SMILES string of the molecule is COC(C)(C)CNCc1nnc(C)n1C. The predicted molar refractivity (Wildman–Crippen MR) is 58.5 cm³/mol. The Morgan fingerprint density at radius 1 is 1.40 bits per heavy atom. The minimum Gasteiger partial charge on any atom is -0.377 e. The highest BCUT2D eigenvalue weighted by atomic mass is 16.5. The van der Waals surface area contributed by atoms with Crippen LogP contribution in [0.2, 0.25) is 0 Å². The maximum atomic E-state index is 5.31. The Morgan fingerprint density at radius 3 is 2.53 bits per heavy atom. The number of ether oxygens (including phenoxy) is 1. The van der Waals surface area contributed by atoms with Gasteiger partial charge < -0.3 is 14.6 Å². The van der Waals surface area contributed by atoms with E-state index < -0.39 is 0 Å². The van der Waals surface area contributed by atoms with Crippen molar-refractivity contribution in [1.82, 2.24) is 20.1 Å². The molecule has 0 aromatic carbocycles. The molecule has 5 nitrogen and oxygen atoms in total. The van der Waals surface area contributed by atoms with Gasteiger partial charge in [-0.05, 0) is 20.8 Å². The molecule has 1 heterocycles. The van der Waals surface area contributed by atoms with Gasteiger partial charge in [-0.1, -0.05) is 0 Å². The molecular formula is C10H20N4O. The van der Waals surface area contributed by atoms with Crippen LogP contribution in [0.25, 0.3) is 0 Å². The first-order valence-electron chi connectivity index (χ1n) is 5.07. The monoisotopic (exact) mass is 212 g/mol. The Morgan fingerprint density at radius 2 is 2.07 bits per heavy atom.